The smallest absolute Gasteiger partial charge is 0.252 e. The molecule has 30 heavy (non-hydrogen) atoms. The van der Waals surface area contributed by atoms with Crippen molar-refractivity contribution < 1.29 is 9.18 Å². The summed E-state index contributed by atoms with van der Waals surface area (Å²) in [7, 11) is 1.85. The highest BCUT2D eigenvalue weighted by atomic mass is 19.1. The molecular formula is C21H28FN7O. The van der Waals surface area contributed by atoms with E-state index in [0.29, 0.717) is 5.69 Å². The Morgan fingerprint density at radius 3 is 2.73 bits per heavy atom. The summed E-state index contributed by atoms with van der Waals surface area (Å²) >= 11 is 0. The van der Waals surface area contributed by atoms with Crippen LogP contribution in [0.1, 0.15) is 43.5 Å². The second kappa shape index (κ2) is 9.08. The van der Waals surface area contributed by atoms with Crippen molar-refractivity contribution in [3.8, 4) is 0 Å². The molecule has 0 aliphatic heterocycles. The largest absolute Gasteiger partial charge is 0.365 e. The lowest BCUT2D eigenvalue weighted by atomic mass is 10.0. The van der Waals surface area contributed by atoms with Crippen LogP contribution in [0.4, 0.5) is 21.7 Å². The summed E-state index contributed by atoms with van der Waals surface area (Å²) in [5, 5.41) is 11.3. The Bertz CT molecular complexity index is 1050. The number of pyridine rings is 1. The van der Waals surface area contributed by atoms with Crippen LogP contribution < -0.4 is 22.1 Å². The van der Waals surface area contributed by atoms with E-state index in [4.69, 9.17) is 11.5 Å². The molecule has 1 amide bonds. The van der Waals surface area contributed by atoms with Crippen molar-refractivity contribution in [2.24, 2.45) is 18.5 Å². The fourth-order valence-corrected chi connectivity index (χ4v) is 3.32. The number of nitrogens with zero attached hydrogens (tertiary/aromatic N) is 3. The third kappa shape index (κ3) is 4.68. The van der Waals surface area contributed by atoms with Crippen molar-refractivity contribution in [3.05, 3.63) is 41.8 Å². The Balaban J connectivity index is 1.94. The van der Waals surface area contributed by atoms with E-state index in [1.54, 1.807) is 10.9 Å². The van der Waals surface area contributed by atoms with Crippen LogP contribution in [0.5, 0.6) is 0 Å². The molecule has 3 aromatic rings. The molecule has 0 unspecified atom stereocenters. The number of carbonyl (C=O) groups is 1. The number of hydrogen-bond acceptors (Lipinski definition) is 6. The SMILES string of the molecule is CCCC[C@@H](Nc1nc(Nc2ccc3c(cnn3C)c2)c(C(N)=O)cc1F)[C@H](C)N. The maximum absolute atomic E-state index is 14.7. The first-order chi connectivity index (χ1) is 14.3. The average molecular weight is 414 g/mol. The highest BCUT2D eigenvalue weighted by Gasteiger charge is 2.20. The van der Waals surface area contributed by atoms with Gasteiger partial charge in [-0.25, -0.2) is 9.37 Å². The molecule has 0 fully saturated rings. The van der Waals surface area contributed by atoms with E-state index in [1.165, 1.54) is 0 Å². The number of unbranched alkanes of at least 4 members (excludes halogenated alkanes) is 1. The minimum Gasteiger partial charge on any atom is -0.365 e. The van der Waals surface area contributed by atoms with Gasteiger partial charge in [-0.15, -0.1) is 0 Å². The molecule has 2 heterocycles. The van der Waals surface area contributed by atoms with Crippen LogP contribution in [0.25, 0.3) is 10.9 Å². The third-order valence-electron chi connectivity index (χ3n) is 5.08. The maximum atomic E-state index is 14.7. The van der Waals surface area contributed by atoms with E-state index < -0.39 is 11.7 Å². The lowest BCUT2D eigenvalue weighted by Crippen LogP contribution is -2.38. The molecular weight excluding hydrogens is 385 g/mol. The molecule has 9 heteroatoms. The number of primary amides is 1. The van der Waals surface area contributed by atoms with Crippen molar-refractivity contribution >= 4 is 34.1 Å². The Morgan fingerprint density at radius 2 is 2.07 bits per heavy atom. The van der Waals surface area contributed by atoms with Crippen LogP contribution >= 0.6 is 0 Å². The van der Waals surface area contributed by atoms with Gasteiger partial charge in [-0.1, -0.05) is 19.8 Å². The molecule has 2 atom stereocenters. The number of anilines is 3. The van der Waals surface area contributed by atoms with Crippen LogP contribution in [0.15, 0.2) is 30.5 Å². The Kier molecular flexibility index (Phi) is 6.51. The first kappa shape index (κ1) is 21.5. The second-order valence-corrected chi connectivity index (χ2v) is 7.50. The average Bonchev–Trinajstić information content (AvgIpc) is 3.06. The van der Waals surface area contributed by atoms with E-state index >= 15 is 0 Å². The van der Waals surface area contributed by atoms with Gasteiger partial charge < -0.3 is 22.1 Å². The maximum Gasteiger partial charge on any atom is 0.252 e. The molecule has 0 saturated heterocycles. The molecule has 0 bridgehead atoms. The summed E-state index contributed by atoms with van der Waals surface area (Å²) in [4.78, 5) is 16.2. The zero-order chi connectivity index (χ0) is 21.8. The molecule has 0 radical (unpaired) electrons. The second-order valence-electron chi connectivity index (χ2n) is 7.50. The lowest BCUT2D eigenvalue weighted by Gasteiger charge is -2.23. The van der Waals surface area contributed by atoms with Crippen LogP contribution in [0.2, 0.25) is 0 Å². The number of hydrogen-bond donors (Lipinski definition) is 4. The number of fused-ring (bicyclic) bond motifs is 1. The lowest BCUT2D eigenvalue weighted by molar-refractivity contribution is 0.100. The molecule has 0 spiro atoms. The molecule has 160 valence electrons. The van der Waals surface area contributed by atoms with Crippen molar-refractivity contribution in [2.75, 3.05) is 10.6 Å². The van der Waals surface area contributed by atoms with Gasteiger partial charge in [0.05, 0.1) is 17.3 Å². The van der Waals surface area contributed by atoms with Crippen molar-refractivity contribution in [1.82, 2.24) is 14.8 Å². The van der Waals surface area contributed by atoms with Gasteiger partial charge in [0.2, 0.25) is 0 Å². The van der Waals surface area contributed by atoms with Gasteiger partial charge in [0.15, 0.2) is 11.6 Å². The topological polar surface area (TPSA) is 124 Å². The Hall–Kier alpha value is -3.20. The molecule has 6 N–H and O–H groups in total. The van der Waals surface area contributed by atoms with Gasteiger partial charge in [0, 0.05) is 30.2 Å². The minimum atomic E-state index is -0.771. The normalized spacial score (nSPS) is 13.2. The highest BCUT2D eigenvalue weighted by Crippen LogP contribution is 2.26. The number of amides is 1. The van der Waals surface area contributed by atoms with Gasteiger partial charge in [-0.2, -0.15) is 5.10 Å². The van der Waals surface area contributed by atoms with Gasteiger partial charge >= 0.3 is 0 Å². The van der Waals surface area contributed by atoms with E-state index in [-0.39, 0.29) is 29.3 Å². The number of halogens is 1. The molecule has 2 aromatic heterocycles. The molecule has 8 nitrogen and oxygen atoms in total. The van der Waals surface area contributed by atoms with Crippen molar-refractivity contribution in [3.63, 3.8) is 0 Å². The van der Waals surface area contributed by atoms with E-state index in [2.05, 4.69) is 27.6 Å². The van der Waals surface area contributed by atoms with E-state index in [1.807, 2.05) is 32.2 Å². The zero-order valence-corrected chi connectivity index (χ0v) is 17.4. The predicted molar refractivity (Wildman–Crippen MR) is 117 cm³/mol. The van der Waals surface area contributed by atoms with Gasteiger partial charge in [0.1, 0.15) is 5.82 Å². The number of aromatic nitrogens is 3. The standard InChI is InChI=1S/C21H28FN7O/c1-4-5-6-17(12(2)23)27-21-16(22)10-15(19(24)30)20(28-21)26-14-7-8-18-13(9-14)11-25-29(18)3/h7-12,17H,4-6,23H2,1-3H3,(H2,24,30)(H2,26,27,28)/t12-,17+/m0/s1. The number of benzene rings is 1. The summed E-state index contributed by atoms with van der Waals surface area (Å²) in [6.45, 7) is 3.95. The monoisotopic (exact) mass is 413 g/mol. The Labute approximate surface area is 174 Å². The van der Waals surface area contributed by atoms with Crippen LogP contribution in [-0.4, -0.2) is 32.8 Å². The quantitative estimate of drug-likeness (QED) is 0.427. The number of rotatable bonds is 9. The number of nitrogens with two attached hydrogens (primary N) is 2. The van der Waals surface area contributed by atoms with E-state index in [0.717, 1.165) is 36.2 Å². The molecule has 3 rings (SSSR count). The predicted octanol–water partition coefficient (Wildman–Crippen LogP) is 3.27. The van der Waals surface area contributed by atoms with Gasteiger partial charge in [-0.3, -0.25) is 9.48 Å². The van der Waals surface area contributed by atoms with Crippen LogP contribution in [-0.2, 0) is 7.05 Å². The zero-order valence-electron chi connectivity index (χ0n) is 17.4. The molecule has 1 aromatic carbocycles. The first-order valence-electron chi connectivity index (χ1n) is 10.0. The fourth-order valence-electron chi connectivity index (χ4n) is 3.32. The Morgan fingerprint density at radius 1 is 1.30 bits per heavy atom. The van der Waals surface area contributed by atoms with Crippen LogP contribution in [0.3, 0.4) is 0 Å². The minimum absolute atomic E-state index is 0.0309. The van der Waals surface area contributed by atoms with Crippen LogP contribution in [0, 0.1) is 5.82 Å². The van der Waals surface area contributed by atoms with Crippen molar-refractivity contribution in [2.45, 2.75) is 45.2 Å². The molecule has 0 aliphatic rings. The number of carbonyl (C=O) groups excluding carboxylic acids is 1. The van der Waals surface area contributed by atoms with E-state index in [9.17, 15) is 9.18 Å². The summed E-state index contributed by atoms with van der Waals surface area (Å²) < 4.78 is 16.4. The third-order valence-corrected chi connectivity index (χ3v) is 5.08. The van der Waals surface area contributed by atoms with Gasteiger partial charge in [-0.05, 0) is 37.6 Å². The van der Waals surface area contributed by atoms with Crippen molar-refractivity contribution in [1.29, 1.82) is 0 Å². The molecule has 0 saturated carbocycles. The first-order valence-corrected chi connectivity index (χ1v) is 10.0. The molecule has 0 aliphatic carbocycles. The highest BCUT2D eigenvalue weighted by molar-refractivity contribution is 5.99. The summed E-state index contributed by atoms with van der Waals surface area (Å²) in [6.07, 6.45) is 4.48. The summed E-state index contributed by atoms with van der Waals surface area (Å²) in [6, 6.07) is 6.36. The van der Waals surface area contributed by atoms with Gasteiger partial charge in [0.25, 0.3) is 5.91 Å². The summed E-state index contributed by atoms with van der Waals surface area (Å²) in [5.74, 6) is -1.22. The number of aryl methyl sites for hydroxylation is 1. The number of nitrogens with one attached hydrogen (secondary N) is 2. The fraction of sp³-hybridized carbons (Fsp3) is 0.381. The summed E-state index contributed by atoms with van der Waals surface area (Å²) in [5.41, 5.74) is 13.1.